The third-order valence-electron chi connectivity index (χ3n) is 1.90. The lowest BCUT2D eigenvalue weighted by Crippen LogP contribution is -2.04. The molecule has 0 amide bonds. The minimum atomic E-state index is -0.979. The fraction of sp³-hybridized carbons (Fsp3) is 0.111. The van der Waals surface area contributed by atoms with Gasteiger partial charge in [0.1, 0.15) is 5.82 Å². The van der Waals surface area contributed by atoms with Crippen LogP contribution in [-0.2, 0) is 4.79 Å². The Kier molecular flexibility index (Phi) is 3.92. The quantitative estimate of drug-likeness (QED) is 0.859. The second kappa shape index (κ2) is 5.44. The summed E-state index contributed by atoms with van der Waals surface area (Å²) in [6.45, 7) is 0. The van der Waals surface area contributed by atoms with Crippen LogP contribution in [0.1, 0.15) is 0 Å². The zero-order valence-corrected chi connectivity index (χ0v) is 11.2. The van der Waals surface area contributed by atoms with Gasteiger partial charge in [0.05, 0.1) is 11.4 Å². The molecule has 2 rings (SSSR count). The summed E-state index contributed by atoms with van der Waals surface area (Å²) < 4.78 is 15.1. The van der Waals surface area contributed by atoms with Crippen LogP contribution in [0.4, 0.5) is 4.39 Å². The van der Waals surface area contributed by atoms with E-state index in [-0.39, 0.29) is 10.9 Å². The topological polar surface area (TPSA) is 80.9 Å². The number of nitrogens with zero attached hydrogens (tertiary/aromatic N) is 4. The van der Waals surface area contributed by atoms with E-state index in [0.29, 0.717) is 10.2 Å². The van der Waals surface area contributed by atoms with Gasteiger partial charge in [0.25, 0.3) is 0 Å². The molecule has 94 valence electrons. The predicted molar refractivity (Wildman–Crippen MR) is 65.2 cm³/mol. The number of halogens is 2. The molecule has 2 aromatic rings. The monoisotopic (exact) mass is 332 g/mol. The zero-order chi connectivity index (χ0) is 13.1. The number of carbonyl (C=O) groups is 1. The molecule has 1 heterocycles. The highest BCUT2D eigenvalue weighted by Crippen LogP contribution is 2.25. The van der Waals surface area contributed by atoms with Crippen LogP contribution < -0.4 is 0 Å². The van der Waals surface area contributed by atoms with E-state index in [4.69, 9.17) is 5.11 Å². The average Bonchev–Trinajstić information content (AvgIpc) is 2.77. The molecule has 18 heavy (non-hydrogen) atoms. The number of carboxylic acid groups (broad SMARTS) is 1. The van der Waals surface area contributed by atoms with Crippen LogP contribution in [0, 0.1) is 5.82 Å². The Hall–Kier alpha value is -1.48. The molecule has 0 radical (unpaired) electrons. The molecule has 0 unspecified atom stereocenters. The Bertz CT molecular complexity index is 592. The molecule has 0 aliphatic heterocycles. The summed E-state index contributed by atoms with van der Waals surface area (Å²) in [7, 11) is 0. The van der Waals surface area contributed by atoms with Crippen LogP contribution in [0.25, 0.3) is 5.69 Å². The van der Waals surface area contributed by atoms with Gasteiger partial charge in [-0.05, 0) is 38.5 Å². The smallest absolute Gasteiger partial charge is 0.313 e. The SMILES string of the molecule is O=C(O)CSc1nnnn1-c1cc(F)ccc1Br. The van der Waals surface area contributed by atoms with Crippen molar-refractivity contribution in [1.29, 1.82) is 0 Å². The first-order valence-electron chi connectivity index (χ1n) is 4.66. The number of carboxylic acids is 1. The standard InChI is InChI=1S/C9H6BrFN4O2S/c10-6-2-1-5(11)3-7(6)15-9(12-13-14-15)18-4-8(16)17/h1-3H,4H2,(H,16,17). The highest BCUT2D eigenvalue weighted by atomic mass is 79.9. The van der Waals surface area contributed by atoms with Gasteiger partial charge in [0, 0.05) is 10.5 Å². The van der Waals surface area contributed by atoms with Crippen LogP contribution in [0.3, 0.4) is 0 Å². The lowest BCUT2D eigenvalue weighted by molar-refractivity contribution is -0.133. The summed E-state index contributed by atoms with van der Waals surface area (Å²) in [5, 5.41) is 19.7. The summed E-state index contributed by atoms with van der Waals surface area (Å²) in [5.41, 5.74) is 0.410. The van der Waals surface area contributed by atoms with Gasteiger partial charge >= 0.3 is 5.97 Å². The number of rotatable bonds is 4. The lowest BCUT2D eigenvalue weighted by atomic mass is 10.3. The van der Waals surface area contributed by atoms with Crippen LogP contribution >= 0.6 is 27.7 Å². The summed E-state index contributed by atoms with van der Waals surface area (Å²) in [6.07, 6.45) is 0. The van der Waals surface area contributed by atoms with Gasteiger partial charge in [-0.2, -0.15) is 4.68 Å². The molecule has 0 aliphatic rings. The second-order valence-corrected chi connectivity index (χ2v) is 4.95. The molecular formula is C9H6BrFN4O2S. The van der Waals surface area contributed by atoms with Gasteiger partial charge in [0.15, 0.2) is 0 Å². The van der Waals surface area contributed by atoms with Crippen molar-refractivity contribution >= 4 is 33.7 Å². The van der Waals surface area contributed by atoms with Gasteiger partial charge in [-0.3, -0.25) is 4.79 Å². The maximum atomic E-state index is 13.2. The number of aliphatic carboxylic acids is 1. The summed E-state index contributed by atoms with van der Waals surface area (Å²) in [6, 6.07) is 4.07. The number of thioether (sulfide) groups is 1. The Morgan fingerprint density at radius 1 is 1.56 bits per heavy atom. The van der Waals surface area contributed by atoms with Crippen LogP contribution in [0.2, 0.25) is 0 Å². The maximum Gasteiger partial charge on any atom is 0.313 e. The van der Waals surface area contributed by atoms with E-state index >= 15 is 0 Å². The molecular weight excluding hydrogens is 327 g/mol. The molecule has 0 spiro atoms. The number of benzene rings is 1. The molecule has 1 aromatic carbocycles. The van der Waals surface area contributed by atoms with E-state index in [1.54, 1.807) is 0 Å². The van der Waals surface area contributed by atoms with E-state index in [0.717, 1.165) is 11.8 Å². The van der Waals surface area contributed by atoms with Gasteiger partial charge in [0.2, 0.25) is 5.16 Å². The van der Waals surface area contributed by atoms with Gasteiger partial charge in [-0.1, -0.05) is 11.8 Å². The minimum Gasteiger partial charge on any atom is -0.481 e. The maximum absolute atomic E-state index is 13.2. The van der Waals surface area contributed by atoms with Crippen molar-refractivity contribution in [2.45, 2.75) is 5.16 Å². The van der Waals surface area contributed by atoms with Gasteiger partial charge in [-0.15, -0.1) is 5.10 Å². The minimum absolute atomic E-state index is 0.173. The number of tetrazole rings is 1. The number of hydrogen-bond donors (Lipinski definition) is 1. The first kappa shape index (κ1) is 13.0. The van der Waals surface area contributed by atoms with Crippen molar-refractivity contribution in [2.75, 3.05) is 5.75 Å². The number of hydrogen-bond acceptors (Lipinski definition) is 5. The third-order valence-corrected chi connectivity index (χ3v) is 3.48. The van der Waals surface area contributed by atoms with E-state index < -0.39 is 11.8 Å². The van der Waals surface area contributed by atoms with Crippen molar-refractivity contribution in [2.24, 2.45) is 0 Å². The second-order valence-electron chi connectivity index (χ2n) is 3.15. The van der Waals surface area contributed by atoms with Crippen molar-refractivity contribution in [3.63, 3.8) is 0 Å². The van der Waals surface area contributed by atoms with Crippen molar-refractivity contribution in [1.82, 2.24) is 20.2 Å². The fourth-order valence-electron chi connectivity index (χ4n) is 1.19. The third kappa shape index (κ3) is 2.85. The summed E-state index contributed by atoms with van der Waals surface area (Å²) in [4.78, 5) is 10.5. The largest absolute Gasteiger partial charge is 0.481 e. The molecule has 0 saturated carbocycles. The normalized spacial score (nSPS) is 10.6. The van der Waals surface area contributed by atoms with E-state index in [9.17, 15) is 9.18 Å². The van der Waals surface area contributed by atoms with Gasteiger partial charge in [-0.25, -0.2) is 4.39 Å². The zero-order valence-electron chi connectivity index (χ0n) is 8.75. The molecule has 0 aliphatic carbocycles. The Balaban J connectivity index is 2.36. The lowest BCUT2D eigenvalue weighted by Gasteiger charge is -2.05. The highest BCUT2D eigenvalue weighted by Gasteiger charge is 2.13. The molecule has 1 N–H and O–H groups in total. The first-order valence-corrected chi connectivity index (χ1v) is 6.44. The Morgan fingerprint density at radius 2 is 2.33 bits per heavy atom. The van der Waals surface area contributed by atoms with Crippen LogP contribution in [0.15, 0.2) is 27.8 Å². The molecule has 1 aromatic heterocycles. The first-order chi connectivity index (χ1) is 8.58. The number of aromatic nitrogens is 4. The van der Waals surface area contributed by atoms with E-state index in [1.807, 2.05) is 0 Å². The van der Waals surface area contributed by atoms with Crippen molar-refractivity contribution in [3.8, 4) is 5.69 Å². The molecule has 9 heteroatoms. The highest BCUT2D eigenvalue weighted by molar-refractivity contribution is 9.10. The summed E-state index contributed by atoms with van der Waals surface area (Å²) in [5.74, 6) is -1.58. The van der Waals surface area contributed by atoms with E-state index in [1.165, 1.54) is 22.9 Å². The Morgan fingerprint density at radius 3 is 3.06 bits per heavy atom. The molecule has 0 bridgehead atoms. The van der Waals surface area contributed by atoms with Crippen LogP contribution in [0.5, 0.6) is 0 Å². The molecule has 6 nitrogen and oxygen atoms in total. The predicted octanol–water partition coefficient (Wildman–Crippen LogP) is 1.74. The van der Waals surface area contributed by atoms with Crippen LogP contribution in [-0.4, -0.2) is 37.0 Å². The molecule has 0 atom stereocenters. The molecule has 0 saturated heterocycles. The Labute approximate surface area is 113 Å². The summed E-state index contributed by atoms with van der Waals surface area (Å²) >= 11 is 4.21. The average molecular weight is 333 g/mol. The van der Waals surface area contributed by atoms with Gasteiger partial charge < -0.3 is 5.11 Å². The van der Waals surface area contributed by atoms with E-state index in [2.05, 4.69) is 31.5 Å². The fourth-order valence-corrected chi connectivity index (χ4v) is 2.21. The molecule has 0 fully saturated rings. The van der Waals surface area contributed by atoms with Crippen molar-refractivity contribution in [3.05, 3.63) is 28.5 Å². The van der Waals surface area contributed by atoms with Crippen molar-refractivity contribution < 1.29 is 14.3 Å².